The molecule has 0 saturated heterocycles. The minimum absolute atomic E-state index is 0.338. The molecule has 0 heterocycles. The Hall–Kier alpha value is -2.48. The first-order valence-corrected chi connectivity index (χ1v) is 6.60. The minimum Gasteiger partial charge on any atom is -0.507 e. The predicted molar refractivity (Wildman–Crippen MR) is 81.4 cm³/mol. The minimum atomic E-state index is 0.338. The second-order valence-electron chi connectivity index (χ2n) is 4.82. The molecule has 0 aliphatic heterocycles. The number of rotatable bonds is 3. The summed E-state index contributed by atoms with van der Waals surface area (Å²) in [5.74, 6) is 1.09. The number of hydrogen-bond donors (Lipinski definition) is 1. The third-order valence-corrected chi connectivity index (χ3v) is 3.52. The molecule has 0 unspecified atom stereocenters. The highest BCUT2D eigenvalue weighted by molar-refractivity contribution is 5.90. The third kappa shape index (κ3) is 2.32. The molecule has 0 aliphatic carbocycles. The molecule has 0 bridgehead atoms. The van der Waals surface area contributed by atoms with Crippen LogP contribution in [0.15, 0.2) is 60.7 Å². The van der Waals surface area contributed by atoms with Gasteiger partial charge < -0.3 is 9.84 Å². The highest BCUT2D eigenvalue weighted by Gasteiger charge is 2.08. The Morgan fingerprint density at radius 3 is 2.45 bits per heavy atom. The van der Waals surface area contributed by atoms with E-state index in [0.29, 0.717) is 5.75 Å². The Balaban J connectivity index is 2.06. The molecule has 0 aromatic heterocycles. The normalized spacial score (nSPS) is 10.7. The van der Waals surface area contributed by atoms with Gasteiger partial charge in [0.15, 0.2) is 0 Å². The molecule has 2 nitrogen and oxygen atoms in total. The number of ether oxygens (including phenoxy) is 1. The van der Waals surface area contributed by atoms with Crippen LogP contribution in [0.3, 0.4) is 0 Å². The monoisotopic (exact) mass is 264 g/mol. The van der Waals surface area contributed by atoms with Crippen molar-refractivity contribution in [1.82, 2.24) is 0 Å². The highest BCUT2D eigenvalue weighted by atomic mass is 16.5. The summed E-state index contributed by atoms with van der Waals surface area (Å²) in [7, 11) is 1.63. The zero-order valence-corrected chi connectivity index (χ0v) is 11.3. The summed E-state index contributed by atoms with van der Waals surface area (Å²) in [6.07, 6.45) is 0.722. The number of methoxy groups -OCH3 is 1. The molecule has 3 rings (SSSR count). The number of benzene rings is 3. The van der Waals surface area contributed by atoms with Crippen molar-refractivity contribution in [2.24, 2.45) is 0 Å². The lowest BCUT2D eigenvalue weighted by atomic mass is 9.99. The lowest BCUT2D eigenvalue weighted by Gasteiger charge is -2.09. The van der Waals surface area contributed by atoms with E-state index in [1.807, 2.05) is 48.5 Å². The summed E-state index contributed by atoms with van der Waals surface area (Å²) < 4.78 is 5.22. The van der Waals surface area contributed by atoms with Crippen molar-refractivity contribution in [2.75, 3.05) is 7.11 Å². The summed E-state index contributed by atoms with van der Waals surface area (Å²) in [6, 6.07) is 19.9. The molecule has 0 aliphatic rings. The quantitative estimate of drug-likeness (QED) is 0.770. The highest BCUT2D eigenvalue weighted by Crippen LogP contribution is 2.32. The molecule has 3 aromatic carbocycles. The van der Waals surface area contributed by atoms with Gasteiger partial charge in [-0.05, 0) is 28.6 Å². The van der Waals surface area contributed by atoms with Gasteiger partial charge >= 0.3 is 0 Å². The van der Waals surface area contributed by atoms with Crippen LogP contribution in [0.2, 0.25) is 0 Å². The Morgan fingerprint density at radius 1 is 0.950 bits per heavy atom. The van der Waals surface area contributed by atoms with Gasteiger partial charge in [-0.2, -0.15) is 0 Å². The Labute approximate surface area is 118 Å². The Bertz CT molecular complexity index is 733. The second-order valence-corrected chi connectivity index (χ2v) is 4.82. The van der Waals surface area contributed by atoms with Crippen LogP contribution in [0.25, 0.3) is 10.8 Å². The average Bonchev–Trinajstić information content (AvgIpc) is 2.51. The van der Waals surface area contributed by atoms with Crippen molar-refractivity contribution in [3.8, 4) is 11.5 Å². The Morgan fingerprint density at radius 2 is 1.70 bits per heavy atom. The fraction of sp³-hybridized carbons (Fsp3) is 0.111. The standard InChI is InChI=1S/C18H16O2/c1-20-16-10-9-14-7-8-15(18(19)17(14)12-16)11-13-5-3-2-4-6-13/h2-10,12,19H,11H2,1H3. The molecule has 20 heavy (non-hydrogen) atoms. The van der Waals surface area contributed by atoms with E-state index in [0.717, 1.165) is 28.5 Å². The molecule has 3 aromatic rings. The van der Waals surface area contributed by atoms with E-state index in [1.165, 1.54) is 5.56 Å². The molecule has 0 fully saturated rings. The lowest BCUT2D eigenvalue weighted by molar-refractivity contribution is 0.415. The van der Waals surface area contributed by atoms with Gasteiger partial charge in [0.1, 0.15) is 11.5 Å². The van der Waals surface area contributed by atoms with E-state index >= 15 is 0 Å². The first kappa shape index (κ1) is 12.5. The van der Waals surface area contributed by atoms with Crippen molar-refractivity contribution in [1.29, 1.82) is 0 Å². The first-order valence-electron chi connectivity index (χ1n) is 6.60. The van der Waals surface area contributed by atoms with Crippen molar-refractivity contribution in [2.45, 2.75) is 6.42 Å². The molecule has 0 saturated carbocycles. The molecule has 100 valence electrons. The average molecular weight is 264 g/mol. The maximum absolute atomic E-state index is 10.5. The van der Waals surface area contributed by atoms with E-state index < -0.39 is 0 Å². The molecular formula is C18H16O2. The van der Waals surface area contributed by atoms with Crippen LogP contribution in [0.5, 0.6) is 11.5 Å². The molecule has 0 amide bonds. The zero-order valence-electron chi connectivity index (χ0n) is 11.3. The summed E-state index contributed by atoms with van der Waals surface area (Å²) in [5, 5.41) is 12.3. The SMILES string of the molecule is COc1ccc2ccc(Cc3ccccc3)c(O)c2c1. The summed E-state index contributed by atoms with van der Waals surface area (Å²) in [5.41, 5.74) is 2.11. The van der Waals surface area contributed by atoms with Gasteiger partial charge in [0.05, 0.1) is 7.11 Å². The van der Waals surface area contributed by atoms with Crippen LogP contribution in [0.1, 0.15) is 11.1 Å². The zero-order chi connectivity index (χ0) is 13.9. The molecule has 0 atom stereocenters. The fourth-order valence-electron chi connectivity index (χ4n) is 2.41. The smallest absolute Gasteiger partial charge is 0.127 e. The number of phenols is 1. The summed E-state index contributed by atoms with van der Waals surface area (Å²) in [6.45, 7) is 0. The number of aromatic hydroxyl groups is 1. The number of phenolic OH excluding ortho intramolecular Hbond substituents is 1. The van der Waals surface area contributed by atoms with Gasteiger partial charge in [-0.1, -0.05) is 48.5 Å². The van der Waals surface area contributed by atoms with Crippen LogP contribution < -0.4 is 4.74 Å². The van der Waals surface area contributed by atoms with Gasteiger partial charge in [0.2, 0.25) is 0 Å². The van der Waals surface area contributed by atoms with Gasteiger partial charge in [-0.3, -0.25) is 0 Å². The van der Waals surface area contributed by atoms with Crippen molar-refractivity contribution < 1.29 is 9.84 Å². The van der Waals surface area contributed by atoms with Gasteiger partial charge in [-0.25, -0.2) is 0 Å². The molecule has 2 heteroatoms. The van der Waals surface area contributed by atoms with Crippen molar-refractivity contribution in [3.05, 3.63) is 71.8 Å². The maximum Gasteiger partial charge on any atom is 0.127 e. The van der Waals surface area contributed by atoms with Gasteiger partial charge in [0.25, 0.3) is 0 Å². The van der Waals surface area contributed by atoms with Gasteiger partial charge in [0, 0.05) is 11.8 Å². The number of hydrogen-bond acceptors (Lipinski definition) is 2. The summed E-state index contributed by atoms with van der Waals surface area (Å²) >= 11 is 0. The van der Waals surface area contributed by atoms with Crippen LogP contribution in [-0.2, 0) is 6.42 Å². The van der Waals surface area contributed by atoms with E-state index in [4.69, 9.17) is 4.74 Å². The number of fused-ring (bicyclic) bond motifs is 1. The fourth-order valence-corrected chi connectivity index (χ4v) is 2.41. The van der Waals surface area contributed by atoms with E-state index in [9.17, 15) is 5.11 Å². The van der Waals surface area contributed by atoms with Crippen LogP contribution >= 0.6 is 0 Å². The van der Waals surface area contributed by atoms with E-state index in [2.05, 4.69) is 12.1 Å². The third-order valence-electron chi connectivity index (χ3n) is 3.52. The predicted octanol–water partition coefficient (Wildman–Crippen LogP) is 4.14. The van der Waals surface area contributed by atoms with Crippen molar-refractivity contribution >= 4 is 10.8 Å². The first-order chi connectivity index (χ1) is 9.78. The van der Waals surface area contributed by atoms with Crippen LogP contribution in [0, 0.1) is 0 Å². The van der Waals surface area contributed by atoms with E-state index in [1.54, 1.807) is 7.11 Å². The van der Waals surface area contributed by atoms with Crippen LogP contribution in [0.4, 0.5) is 0 Å². The topological polar surface area (TPSA) is 29.5 Å². The largest absolute Gasteiger partial charge is 0.507 e. The summed E-state index contributed by atoms with van der Waals surface area (Å²) in [4.78, 5) is 0. The van der Waals surface area contributed by atoms with Gasteiger partial charge in [-0.15, -0.1) is 0 Å². The lowest BCUT2D eigenvalue weighted by Crippen LogP contribution is -1.90. The second kappa shape index (κ2) is 5.25. The molecule has 0 radical (unpaired) electrons. The van der Waals surface area contributed by atoms with Crippen LogP contribution in [-0.4, -0.2) is 12.2 Å². The van der Waals surface area contributed by atoms with Crippen molar-refractivity contribution in [3.63, 3.8) is 0 Å². The van der Waals surface area contributed by atoms with E-state index in [-0.39, 0.29) is 0 Å². The molecule has 0 spiro atoms. The molecular weight excluding hydrogens is 248 g/mol. The maximum atomic E-state index is 10.5. The molecule has 1 N–H and O–H groups in total. The Kier molecular flexibility index (Phi) is 3.30.